The van der Waals surface area contributed by atoms with E-state index in [1.54, 1.807) is 13.8 Å². The number of likely N-dealkylation sites (N-methyl/N-ethyl adjacent to an activating group) is 1. The molecule has 1 N–H and O–H groups in total. The number of anilines is 1. The Morgan fingerprint density at radius 2 is 1.62 bits per heavy atom. The monoisotopic (exact) mass is 492 g/mol. The van der Waals surface area contributed by atoms with Gasteiger partial charge in [-0.1, -0.05) is 49.4 Å². The molecule has 2 rings (SSSR count). The normalized spacial score (nSPS) is 12.3. The summed E-state index contributed by atoms with van der Waals surface area (Å²) in [4.78, 5) is 27.7. The van der Waals surface area contributed by atoms with Crippen LogP contribution in [0.15, 0.2) is 54.6 Å². The molecule has 0 aliphatic carbocycles. The van der Waals surface area contributed by atoms with Gasteiger partial charge >= 0.3 is 10.2 Å². The Hall–Kier alpha value is -2.98. The van der Waals surface area contributed by atoms with E-state index in [4.69, 9.17) is 0 Å². The predicted octanol–water partition coefficient (Wildman–Crippen LogP) is 2.42. The van der Waals surface area contributed by atoms with Crippen LogP contribution in [0.5, 0.6) is 0 Å². The molecule has 0 aliphatic rings. The summed E-state index contributed by atoms with van der Waals surface area (Å²) < 4.78 is 42.3. The predicted molar refractivity (Wildman–Crippen MR) is 131 cm³/mol. The molecule has 34 heavy (non-hydrogen) atoms. The first kappa shape index (κ1) is 27.3. The molecule has 0 aliphatic heterocycles. The molecule has 0 radical (unpaired) electrons. The number of amides is 2. The highest BCUT2D eigenvalue weighted by molar-refractivity contribution is 7.90. The van der Waals surface area contributed by atoms with Crippen molar-refractivity contribution in [1.82, 2.24) is 14.5 Å². The second kappa shape index (κ2) is 12.5. The first-order valence-corrected chi connectivity index (χ1v) is 12.6. The average Bonchev–Trinajstić information content (AvgIpc) is 2.81. The molecule has 186 valence electrons. The lowest BCUT2D eigenvalue weighted by atomic mass is 10.1. The summed E-state index contributed by atoms with van der Waals surface area (Å²) in [7, 11) is -1.57. The van der Waals surface area contributed by atoms with Crippen molar-refractivity contribution in [2.75, 3.05) is 38.0 Å². The van der Waals surface area contributed by atoms with Crippen LogP contribution in [0, 0.1) is 5.82 Å². The molecule has 10 heteroatoms. The zero-order valence-corrected chi connectivity index (χ0v) is 20.9. The Balaban J connectivity index is 2.43. The van der Waals surface area contributed by atoms with Crippen LogP contribution in [0.1, 0.15) is 25.8 Å². The number of benzene rings is 2. The minimum atomic E-state index is -4.19. The van der Waals surface area contributed by atoms with Gasteiger partial charge in [0.15, 0.2) is 0 Å². The van der Waals surface area contributed by atoms with E-state index in [-0.39, 0.29) is 18.1 Å². The maximum atomic E-state index is 14.6. The fourth-order valence-corrected chi connectivity index (χ4v) is 4.61. The highest BCUT2D eigenvalue weighted by atomic mass is 32.2. The van der Waals surface area contributed by atoms with E-state index in [0.29, 0.717) is 19.4 Å². The second-order valence-electron chi connectivity index (χ2n) is 7.89. The van der Waals surface area contributed by atoms with Gasteiger partial charge in [-0.2, -0.15) is 12.7 Å². The van der Waals surface area contributed by atoms with E-state index >= 15 is 0 Å². The molecule has 0 bridgehead atoms. The molecule has 0 saturated carbocycles. The topological polar surface area (TPSA) is 90.0 Å². The minimum Gasteiger partial charge on any atom is -0.355 e. The summed E-state index contributed by atoms with van der Waals surface area (Å²) in [5, 5.41) is 2.74. The van der Waals surface area contributed by atoms with Crippen LogP contribution in [0.4, 0.5) is 10.1 Å². The number of hydrogen-bond donors (Lipinski definition) is 1. The number of para-hydroxylation sites is 1. The zero-order chi connectivity index (χ0) is 25.3. The van der Waals surface area contributed by atoms with Crippen LogP contribution < -0.4 is 9.62 Å². The molecule has 2 aromatic carbocycles. The molecule has 1 atom stereocenters. The number of hydrogen-bond acceptors (Lipinski definition) is 4. The lowest BCUT2D eigenvalue weighted by Crippen LogP contribution is -2.54. The smallest absolute Gasteiger partial charge is 0.304 e. The number of rotatable bonds is 12. The minimum absolute atomic E-state index is 0.200. The summed E-state index contributed by atoms with van der Waals surface area (Å²) in [6, 6.07) is 14.1. The van der Waals surface area contributed by atoms with E-state index in [9.17, 15) is 22.4 Å². The van der Waals surface area contributed by atoms with E-state index in [1.807, 2.05) is 30.3 Å². The number of nitrogens with one attached hydrogen (secondary N) is 1. The van der Waals surface area contributed by atoms with Crippen LogP contribution in [-0.2, 0) is 26.2 Å². The summed E-state index contributed by atoms with van der Waals surface area (Å²) in [5.41, 5.74) is 0.733. The Morgan fingerprint density at radius 1 is 1.00 bits per heavy atom. The quantitative estimate of drug-likeness (QED) is 0.493. The van der Waals surface area contributed by atoms with Crippen LogP contribution in [0.3, 0.4) is 0 Å². The summed E-state index contributed by atoms with van der Waals surface area (Å²) in [6.07, 6.45) is 0.815. The Morgan fingerprint density at radius 3 is 2.18 bits per heavy atom. The van der Waals surface area contributed by atoms with Gasteiger partial charge in [0.2, 0.25) is 11.8 Å². The average molecular weight is 493 g/mol. The van der Waals surface area contributed by atoms with E-state index in [2.05, 4.69) is 5.32 Å². The first-order chi connectivity index (χ1) is 16.1. The van der Waals surface area contributed by atoms with Crippen molar-refractivity contribution in [2.24, 2.45) is 0 Å². The van der Waals surface area contributed by atoms with Gasteiger partial charge in [-0.05, 0) is 37.5 Å². The number of nitrogens with zero attached hydrogens (tertiary/aromatic N) is 3. The van der Waals surface area contributed by atoms with Crippen molar-refractivity contribution in [1.29, 1.82) is 0 Å². The van der Waals surface area contributed by atoms with Crippen molar-refractivity contribution in [3.05, 3.63) is 66.0 Å². The van der Waals surface area contributed by atoms with Gasteiger partial charge < -0.3 is 10.2 Å². The highest BCUT2D eigenvalue weighted by Gasteiger charge is 2.34. The maximum Gasteiger partial charge on any atom is 0.304 e. The number of halogens is 1. The molecule has 0 unspecified atom stereocenters. The molecular weight excluding hydrogens is 459 g/mol. The number of carbonyl (C=O) groups is 2. The molecular formula is C24H33FN4O4S. The fourth-order valence-electron chi connectivity index (χ4n) is 3.54. The maximum absolute atomic E-state index is 14.6. The molecule has 0 saturated heterocycles. The molecule has 2 amide bonds. The van der Waals surface area contributed by atoms with Crippen molar-refractivity contribution < 1.29 is 22.4 Å². The Kier molecular flexibility index (Phi) is 10.0. The Bertz CT molecular complexity index is 1060. The highest BCUT2D eigenvalue weighted by Crippen LogP contribution is 2.23. The second-order valence-corrected chi connectivity index (χ2v) is 9.96. The van der Waals surface area contributed by atoms with Crippen LogP contribution in [0.2, 0.25) is 0 Å². The zero-order valence-electron chi connectivity index (χ0n) is 20.1. The van der Waals surface area contributed by atoms with Gasteiger partial charge in [-0.3, -0.25) is 9.59 Å². The summed E-state index contributed by atoms with van der Waals surface area (Å²) >= 11 is 0. The number of carbonyl (C=O) groups excluding carboxylic acids is 2. The van der Waals surface area contributed by atoms with Gasteiger partial charge in [0, 0.05) is 27.2 Å². The Labute approximate surface area is 201 Å². The van der Waals surface area contributed by atoms with Gasteiger partial charge in [-0.15, -0.1) is 0 Å². The molecule has 0 spiro atoms. The largest absolute Gasteiger partial charge is 0.355 e. The third-order valence-corrected chi connectivity index (χ3v) is 7.17. The van der Waals surface area contributed by atoms with Crippen molar-refractivity contribution >= 4 is 27.7 Å². The fraction of sp³-hybridized carbons (Fsp3) is 0.417. The van der Waals surface area contributed by atoms with Gasteiger partial charge in [0.1, 0.15) is 18.4 Å². The third-order valence-electron chi connectivity index (χ3n) is 5.36. The standard InChI is InChI=1S/C24H33FN4O4S/c1-5-21(24(31)26-6-2)28(17-16-19-12-8-7-9-13-19)23(30)18-29(34(32,33)27(3)4)22-15-11-10-14-20(22)25/h7-15,21H,5-6,16-18H2,1-4H3,(H,26,31)/t21-/m0/s1. The van der Waals surface area contributed by atoms with Crippen LogP contribution >= 0.6 is 0 Å². The summed E-state index contributed by atoms with van der Waals surface area (Å²) in [5.74, 6) is -1.69. The van der Waals surface area contributed by atoms with Gasteiger partial charge in [0.25, 0.3) is 0 Å². The van der Waals surface area contributed by atoms with E-state index < -0.39 is 34.5 Å². The lowest BCUT2D eigenvalue weighted by molar-refractivity contribution is -0.139. The third kappa shape index (κ3) is 6.77. The van der Waals surface area contributed by atoms with Crippen LogP contribution in [-0.4, -0.2) is 69.2 Å². The molecule has 8 nitrogen and oxygen atoms in total. The lowest BCUT2D eigenvalue weighted by Gasteiger charge is -2.33. The molecule has 0 fully saturated rings. The van der Waals surface area contributed by atoms with Crippen molar-refractivity contribution in [3.63, 3.8) is 0 Å². The van der Waals surface area contributed by atoms with Gasteiger partial charge in [0.05, 0.1) is 5.69 Å². The van der Waals surface area contributed by atoms with E-state index in [0.717, 1.165) is 20.2 Å². The SMILES string of the molecule is CCNC(=O)[C@H](CC)N(CCc1ccccc1)C(=O)CN(c1ccccc1F)S(=O)(=O)N(C)C. The molecule has 0 aromatic heterocycles. The van der Waals surface area contributed by atoms with Crippen molar-refractivity contribution in [2.45, 2.75) is 32.7 Å². The first-order valence-electron chi connectivity index (χ1n) is 11.2. The molecule has 2 aromatic rings. The summed E-state index contributed by atoms with van der Waals surface area (Å²) in [6.45, 7) is 3.52. The van der Waals surface area contributed by atoms with Gasteiger partial charge in [-0.25, -0.2) is 8.70 Å². The van der Waals surface area contributed by atoms with E-state index in [1.165, 1.54) is 37.2 Å². The molecule has 0 heterocycles. The van der Waals surface area contributed by atoms with Crippen LogP contribution in [0.25, 0.3) is 0 Å². The van der Waals surface area contributed by atoms with Crippen molar-refractivity contribution in [3.8, 4) is 0 Å².